The topological polar surface area (TPSA) is 66.9 Å². The van der Waals surface area contributed by atoms with Gasteiger partial charge in [0.15, 0.2) is 0 Å². The number of piperazine rings is 1. The number of amides is 1. The molecule has 1 heterocycles. The van der Waals surface area contributed by atoms with Crippen LogP contribution in [-0.4, -0.2) is 56.8 Å². The molecular formula is C16H24N2O4S. The first-order valence-corrected chi connectivity index (χ1v) is 9.27. The molecule has 0 aromatic heterocycles. The van der Waals surface area contributed by atoms with Gasteiger partial charge in [-0.25, -0.2) is 8.42 Å². The molecule has 1 saturated heterocycles. The first-order chi connectivity index (χ1) is 10.9. The molecule has 0 spiro atoms. The van der Waals surface area contributed by atoms with E-state index in [0.717, 1.165) is 6.42 Å². The highest BCUT2D eigenvalue weighted by atomic mass is 32.2. The molecule has 0 aliphatic carbocycles. The molecule has 1 aromatic rings. The molecule has 128 valence electrons. The van der Waals surface area contributed by atoms with Crippen molar-refractivity contribution in [2.45, 2.75) is 25.2 Å². The van der Waals surface area contributed by atoms with Crippen LogP contribution in [0.2, 0.25) is 0 Å². The van der Waals surface area contributed by atoms with Crippen molar-refractivity contribution in [2.75, 3.05) is 33.3 Å². The molecule has 0 bridgehead atoms. The smallest absolute Gasteiger partial charge is 0.243 e. The average Bonchev–Trinajstić information content (AvgIpc) is 2.60. The lowest BCUT2D eigenvalue weighted by atomic mass is 10.1. The Morgan fingerprint density at radius 2 is 1.74 bits per heavy atom. The van der Waals surface area contributed by atoms with E-state index in [9.17, 15) is 13.2 Å². The van der Waals surface area contributed by atoms with Crippen molar-refractivity contribution in [1.82, 2.24) is 9.21 Å². The number of rotatable bonds is 5. The lowest BCUT2D eigenvalue weighted by Gasteiger charge is -2.35. The summed E-state index contributed by atoms with van der Waals surface area (Å²) in [7, 11) is -1.98. The van der Waals surface area contributed by atoms with Gasteiger partial charge in [-0.15, -0.1) is 0 Å². The van der Waals surface area contributed by atoms with Crippen molar-refractivity contribution in [2.24, 2.45) is 5.92 Å². The van der Waals surface area contributed by atoms with Crippen molar-refractivity contribution in [3.05, 3.63) is 24.3 Å². The van der Waals surface area contributed by atoms with Crippen LogP contribution in [0.1, 0.15) is 20.3 Å². The van der Waals surface area contributed by atoms with Crippen LogP contribution in [0.3, 0.4) is 0 Å². The number of ether oxygens (including phenoxy) is 1. The van der Waals surface area contributed by atoms with Crippen molar-refractivity contribution >= 4 is 15.9 Å². The Kier molecular flexibility index (Phi) is 5.64. The molecule has 1 amide bonds. The highest BCUT2D eigenvalue weighted by Crippen LogP contribution is 2.21. The van der Waals surface area contributed by atoms with E-state index in [2.05, 4.69) is 0 Å². The lowest BCUT2D eigenvalue weighted by molar-refractivity contribution is -0.136. The highest BCUT2D eigenvalue weighted by Gasteiger charge is 2.31. The fraction of sp³-hybridized carbons (Fsp3) is 0.562. The molecule has 1 atom stereocenters. The van der Waals surface area contributed by atoms with Crippen LogP contribution in [0.4, 0.5) is 0 Å². The lowest BCUT2D eigenvalue weighted by Crippen LogP contribution is -2.51. The van der Waals surface area contributed by atoms with E-state index >= 15 is 0 Å². The average molecular weight is 340 g/mol. The number of hydrogen-bond acceptors (Lipinski definition) is 4. The number of sulfonamides is 1. The first-order valence-electron chi connectivity index (χ1n) is 7.83. The number of carbonyl (C=O) groups is 1. The largest absolute Gasteiger partial charge is 0.497 e. The molecule has 0 radical (unpaired) electrons. The number of nitrogens with zero attached hydrogens (tertiary/aromatic N) is 2. The number of benzene rings is 1. The van der Waals surface area contributed by atoms with Gasteiger partial charge in [0.2, 0.25) is 15.9 Å². The number of methoxy groups -OCH3 is 1. The fourth-order valence-corrected chi connectivity index (χ4v) is 3.95. The van der Waals surface area contributed by atoms with E-state index in [-0.39, 0.29) is 16.7 Å². The van der Waals surface area contributed by atoms with Crippen molar-refractivity contribution in [3.8, 4) is 5.75 Å². The number of hydrogen-bond donors (Lipinski definition) is 0. The molecule has 23 heavy (non-hydrogen) atoms. The summed E-state index contributed by atoms with van der Waals surface area (Å²) in [5.74, 6) is 0.710. The van der Waals surface area contributed by atoms with Gasteiger partial charge in [-0.05, 0) is 30.7 Å². The number of carbonyl (C=O) groups excluding carboxylic acids is 1. The van der Waals surface area contributed by atoms with Crippen LogP contribution < -0.4 is 4.74 Å². The van der Waals surface area contributed by atoms with E-state index in [1.807, 2.05) is 13.8 Å². The zero-order valence-electron chi connectivity index (χ0n) is 13.9. The van der Waals surface area contributed by atoms with Gasteiger partial charge in [0.1, 0.15) is 5.75 Å². The summed E-state index contributed by atoms with van der Waals surface area (Å²) in [5, 5.41) is 0. The zero-order chi connectivity index (χ0) is 17.0. The van der Waals surface area contributed by atoms with E-state index in [4.69, 9.17) is 4.74 Å². The third-order valence-electron chi connectivity index (χ3n) is 4.28. The predicted molar refractivity (Wildman–Crippen MR) is 87.8 cm³/mol. The SMILES string of the molecule is CC[C@H](C)C(=O)N1CCN(S(=O)(=O)c2ccc(OC)cc2)CC1. The minimum Gasteiger partial charge on any atom is -0.497 e. The Bertz CT molecular complexity index is 635. The van der Waals surface area contributed by atoms with Gasteiger partial charge in [-0.1, -0.05) is 13.8 Å². The minimum absolute atomic E-state index is 0.0141. The predicted octanol–water partition coefficient (Wildman–Crippen LogP) is 1.57. The van der Waals surface area contributed by atoms with E-state index < -0.39 is 10.0 Å². The third kappa shape index (κ3) is 3.84. The maximum atomic E-state index is 12.6. The second kappa shape index (κ2) is 7.31. The maximum Gasteiger partial charge on any atom is 0.243 e. The molecule has 0 N–H and O–H groups in total. The van der Waals surface area contributed by atoms with Crippen molar-refractivity contribution in [1.29, 1.82) is 0 Å². The van der Waals surface area contributed by atoms with E-state index in [1.165, 1.54) is 11.4 Å². The third-order valence-corrected chi connectivity index (χ3v) is 6.19. The Morgan fingerprint density at radius 3 is 2.22 bits per heavy atom. The van der Waals surface area contributed by atoms with Gasteiger partial charge >= 0.3 is 0 Å². The Hall–Kier alpha value is -1.60. The zero-order valence-corrected chi connectivity index (χ0v) is 14.7. The standard InChI is InChI=1S/C16H24N2O4S/c1-4-13(2)16(19)17-9-11-18(12-10-17)23(20,21)15-7-5-14(22-3)6-8-15/h5-8,13H,4,9-12H2,1-3H3/t13-/m0/s1. The molecule has 0 saturated carbocycles. The normalized spacial score (nSPS) is 17.8. The summed E-state index contributed by atoms with van der Waals surface area (Å²) in [6.45, 7) is 5.43. The molecular weight excluding hydrogens is 316 g/mol. The van der Waals surface area contributed by atoms with Crippen LogP contribution in [0.5, 0.6) is 5.75 Å². The summed E-state index contributed by atoms with van der Waals surface area (Å²) in [6.07, 6.45) is 0.795. The summed E-state index contributed by atoms with van der Waals surface area (Å²) >= 11 is 0. The molecule has 6 nitrogen and oxygen atoms in total. The van der Waals surface area contributed by atoms with Crippen LogP contribution in [0.25, 0.3) is 0 Å². The summed E-state index contributed by atoms with van der Waals surface area (Å²) in [5.41, 5.74) is 0. The van der Waals surface area contributed by atoms with Gasteiger partial charge < -0.3 is 9.64 Å². The molecule has 0 unspecified atom stereocenters. The van der Waals surface area contributed by atoms with Gasteiger partial charge in [0, 0.05) is 32.1 Å². The summed E-state index contributed by atoms with van der Waals surface area (Å²) in [4.78, 5) is 14.2. The highest BCUT2D eigenvalue weighted by molar-refractivity contribution is 7.89. The van der Waals surface area contributed by atoms with Crippen LogP contribution in [-0.2, 0) is 14.8 Å². The Labute approximate surface area is 138 Å². The molecule has 1 aromatic carbocycles. The molecule has 1 aliphatic rings. The monoisotopic (exact) mass is 340 g/mol. The van der Waals surface area contributed by atoms with E-state index in [0.29, 0.717) is 31.9 Å². The van der Waals surface area contributed by atoms with Crippen LogP contribution in [0, 0.1) is 5.92 Å². The molecule has 7 heteroatoms. The van der Waals surface area contributed by atoms with Crippen molar-refractivity contribution in [3.63, 3.8) is 0 Å². The molecule has 1 fully saturated rings. The second-order valence-corrected chi connectivity index (χ2v) is 7.65. The first kappa shape index (κ1) is 17.7. The quantitative estimate of drug-likeness (QED) is 0.816. The summed E-state index contributed by atoms with van der Waals surface area (Å²) in [6, 6.07) is 6.36. The molecule has 2 rings (SSSR count). The van der Waals surface area contributed by atoms with Gasteiger partial charge in [0.05, 0.1) is 12.0 Å². The maximum absolute atomic E-state index is 12.6. The Balaban J connectivity index is 2.04. The van der Waals surface area contributed by atoms with Crippen LogP contribution >= 0.6 is 0 Å². The second-order valence-electron chi connectivity index (χ2n) is 5.71. The van der Waals surface area contributed by atoms with Gasteiger partial charge in [0.25, 0.3) is 0 Å². The van der Waals surface area contributed by atoms with Gasteiger partial charge in [-0.3, -0.25) is 4.79 Å². The van der Waals surface area contributed by atoms with Crippen molar-refractivity contribution < 1.29 is 17.9 Å². The van der Waals surface area contributed by atoms with Crippen LogP contribution in [0.15, 0.2) is 29.2 Å². The fourth-order valence-electron chi connectivity index (χ4n) is 2.53. The molecule has 1 aliphatic heterocycles. The summed E-state index contributed by atoms with van der Waals surface area (Å²) < 4.78 is 31.8. The minimum atomic E-state index is -3.52. The van der Waals surface area contributed by atoms with Gasteiger partial charge in [-0.2, -0.15) is 4.31 Å². The van der Waals surface area contributed by atoms with E-state index in [1.54, 1.807) is 29.2 Å². The Morgan fingerprint density at radius 1 is 1.17 bits per heavy atom.